The maximum Gasteiger partial charge on any atom is 0.0591 e. The number of nitrogens with one attached hydrogen (secondary N) is 1. The van der Waals surface area contributed by atoms with Gasteiger partial charge in [0, 0.05) is 33.4 Å². The standard InChI is InChI=1S/C13H21NO2/c1-15-9-5-10-16-11-8-14-12-13-6-3-2-4-7-13/h2-4,6-7,14H,5,8-12H2,1H3. The van der Waals surface area contributed by atoms with Crippen LogP contribution in [0.1, 0.15) is 12.0 Å². The molecule has 0 saturated heterocycles. The zero-order valence-electron chi connectivity index (χ0n) is 9.95. The van der Waals surface area contributed by atoms with Crippen molar-refractivity contribution in [1.29, 1.82) is 0 Å². The molecule has 0 aliphatic heterocycles. The van der Waals surface area contributed by atoms with Gasteiger partial charge in [-0.3, -0.25) is 0 Å². The van der Waals surface area contributed by atoms with Gasteiger partial charge in [0.15, 0.2) is 0 Å². The van der Waals surface area contributed by atoms with E-state index in [2.05, 4.69) is 29.6 Å². The van der Waals surface area contributed by atoms with E-state index >= 15 is 0 Å². The summed E-state index contributed by atoms with van der Waals surface area (Å²) >= 11 is 0. The molecular formula is C13H21NO2. The van der Waals surface area contributed by atoms with Gasteiger partial charge in [-0.15, -0.1) is 0 Å². The van der Waals surface area contributed by atoms with Gasteiger partial charge in [0.2, 0.25) is 0 Å². The molecule has 0 saturated carbocycles. The van der Waals surface area contributed by atoms with Crippen LogP contribution in [0, 0.1) is 0 Å². The number of rotatable bonds is 9. The maximum atomic E-state index is 5.43. The Kier molecular flexibility index (Phi) is 7.68. The van der Waals surface area contributed by atoms with Crippen LogP contribution in [0.2, 0.25) is 0 Å². The summed E-state index contributed by atoms with van der Waals surface area (Å²) in [4.78, 5) is 0. The van der Waals surface area contributed by atoms with Crippen molar-refractivity contribution >= 4 is 0 Å². The monoisotopic (exact) mass is 223 g/mol. The largest absolute Gasteiger partial charge is 0.385 e. The first-order valence-corrected chi connectivity index (χ1v) is 5.75. The van der Waals surface area contributed by atoms with Gasteiger partial charge in [0.05, 0.1) is 6.61 Å². The maximum absolute atomic E-state index is 5.43. The van der Waals surface area contributed by atoms with E-state index in [0.29, 0.717) is 0 Å². The third-order valence-corrected chi connectivity index (χ3v) is 2.23. The quantitative estimate of drug-likeness (QED) is 0.648. The van der Waals surface area contributed by atoms with Gasteiger partial charge < -0.3 is 14.8 Å². The molecule has 3 heteroatoms. The molecule has 1 rings (SSSR count). The Bertz CT molecular complexity index is 251. The Balaban J connectivity index is 1.89. The molecule has 16 heavy (non-hydrogen) atoms. The van der Waals surface area contributed by atoms with Crippen molar-refractivity contribution in [2.24, 2.45) is 0 Å². The molecule has 1 N–H and O–H groups in total. The van der Waals surface area contributed by atoms with Crippen LogP contribution in [0.15, 0.2) is 30.3 Å². The minimum absolute atomic E-state index is 0.760. The van der Waals surface area contributed by atoms with Crippen molar-refractivity contribution in [2.75, 3.05) is 33.5 Å². The third kappa shape index (κ3) is 6.56. The molecule has 0 aromatic heterocycles. The number of hydrogen-bond donors (Lipinski definition) is 1. The van der Waals surface area contributed by atoms with Crippen molar-refractivity contribution in [1.82, 2.24) is 5.32 Å². The van der Waals surface area contributed by atoms with Crippen LogP contribution in [0.25, 0.3) is 0 Å². The van der Waals surface area contributed by atoms with Crippen LogP contribution in [-0.2, 0) is 16.0 Å². The summed E-state index contributed by atoms with van der Waals surface area (Å²) in [6.07, 6.45) is 0.967. The van der Waals surface area contributed by atoms with Crippen molar-refractivity contribution in [3.8, 4) is 0 Å². The number of methoxy groups -OCH3 is 1. The van der Waals surface area contributed by atoms with Gasteiger partial charge in [-0.1, -0.05) is 30.3 Å². The van der Waals surface area contributed by atoms with Gasteiger partial charge in [-0.05, 0) is 12.0 Å². The molecule has 0 fully saturated rings. The van der Waals surface area contributed by atoms with Gasteiger partial charge in [0.1, 0.15) is 0 Å². The van der Waals surface area contributed by atoms with Crippen molar-refractivity contribution in [3.05, 3.63) is 35.9 Å². The molecule has 1 aromatic rings. The van der Waals surface area contributed by atoms with Crippen LogP contribution in [0.3, 0.4) is 0 Å². The minimum atomic E-state index is 0.760. The lowest BCUT2D eigenvalue weighted by molar-refractivity contribution is 0.104. The molecule has 0 bridgehead atoms. The molecule has 0 amide bonds. The van der Waals surface area contributed by atoms with E-state index in [1.54, 1.807) is 7.11 Å². The normalized spacial score (nSPS) is 10.6. The van der Waals surface area contributed by atoms with Crippen LogP contribution in [-0.4, -0.2) is 33.5 Å². The van der Waals surface area contributed by atoms with Crippen molar-refractivity contribution in [2.45, 2.75) is 13.0 Å². The molecule has 0 atom stereocenters. The summed E-state index contributed by atoms with van der Waals surface area (Å²) in [7, 11) is 1.71. The van der Waals surface area contributed by atoms with Gasteiger partial charge in [0.25, 0.3) is 0 Å². The Labute approximate surface area is 97.8 Å². The number of hydrogen-bond acceptors (Lipinski definition) is 3. The van der Waals surface area contributed by atoms with E-state index in [9.17, 15) is 0 Å². The highest BCUT2D eigenvalue weighted by molar-refractivity contribution is 5.14. The first-order chi connectivity index (χ1) is 7.93. The number of ether oxygens (including phenoxy) is 2. The third-order valence-electron chi connectivity index (χ3n) is 2.23. The first kappa shape index (κ1) is 13.2. The molecule has 3 nitrogen and oxygen atoms in total. The fourth-order valence-electron chi connectivity index (χ4n) is 1.38. The highest BCUT2D eigenvalue weighted by Crippen LogP contribution is 1.96. The van der Waals surface area contributed by atoms with Gasteiger partial charge in [-0.2, -0.15) is 0 Å². The van der Waals surface area contributed by atoms with E-state index in [4.69, 9.17) is 9.47 Å². The zero-order chi connectivity index (χ0) is 11.5. The molecule has 0 unspecified atom stereocenters. The van der Waals surface area contributed by atoms with E-state index in [1.807, 2.05) is 6.07 Å². The molecular weight excluding hydrogens is 202 g/mol. The minimum Gasteiger partial charge on any atom is -0.385 e. The van der Waals surface area contributed by atoms with E-state index in [0.717, 1.165) is 39.3 Å². The summed E-state index contributed by atoms with van der Waals surface area (Å²) in [5.74, 6) is 0. The summed E-state index contributed by atoms with van der Waals surface area (Å²) in [6, 6.07) is 10.4. The summed E-state index contributed by atoms with van der Waals surface area (Å²) in [5, 5.41) is 3.34. The van der Waals surface area contributed by atoms with Crippen LogP contribution in [0.4, 0.5) is 0 Å². The first-order valence-electron chi connectivity index (χ1n) is 5.75. The van der Waals surface area contributed by atoms with Crippen LogP contribution < -0.4 is 5.32 Å². The van der Waals surface area contributed by atoms with Crippen molar-refractivity contribution < 1.29 is 9.47 Å². The van der Waals surface area contributed by atoms with Crippen LogP contribution >= 0.6 is 0 Å². The second-order valence-corrected chi connectivity index (χ2v) is 3.62. The average Bonchev–Trinajstić information content (AvgIpc) is 2.34. The molecule has 0 spiro atoms. The molecule has 0 radical (unpaired) electrons. The highest BCUT2D eigenvalue weighted by Gasteiger charge is 1.91. The predicted molar refractivity (Wildman–Crippen MR) is 65.5 cm³/mol. The SMILES string of the molecule is COCCCOCCNCc1ccccc1. The lowest BCUT2D eigenvalue weighted by Crippen LogP contribution is -2.19. The fraction of sp³-hybridized carbons (Fsp3) is 0.538. The van der Waals surface area contributed by atoms with Crippen molar-refractivity contribution in [3.63, 3.8) is 0 Å². The summed E-state index contributed by atoms with van der Waals surface area (Å²) < 4.78 is 10.4. The second-order valence-electron chi connectivity index (χ2n) is 3.62. The fourth-order valence-corrected chi connectivity index (χ4v) is 1.38. The zero-order valence-corrected chi connectivity index (χ0v) is 9.95. The topological polar surface area (TPSA) is 30.5 Å². The Morgan fingerprint density at radius 3 is 2.62 bits per heavy atom. The lowest BCUT2D eigenvalue weighted by atomic mass is 10.2. The van der Waals surface area contributed by atoms with E-state index in [-0.39, 0.29) is 0 Å². The second kappa shape index (κ2) is 9.33. The van der Waals surface area contributed by atoms with E-state index in [1.165, 1.54) is 5.56 Å². The van der Waals surface area contributed by atoms with Gasteiger partial charge >= 0.3 is 0 Å². The summed E-state index contributed by atoms with van der Waals surface area (Å²) in [6.45, 7) is 4.11. The lowest BCUT2D eigenvalue weighted by Gasteiger charge is -2.06. The highest BCUT2D eigenvalue weighted by atomic mass is 16.5. The molecule has 1 aromatic carbocycles. The Hall–Kier alpha value is -0.900. The molecule has 0 aliphatic rings. The van der Waals surface area contributed by atoms with Crippen LogP contribution in [0.5, 0.6) is 0 Å². The predicted octanol–water partition coefficient (Wildman–Crippen LogP) is 1.83. The van der Waals surface area contributed by atoms with Gasteiger partial charge in [-0.25, -0.2) is 0 Å². The average molecular weight is 223 g/mol. The number of benzene rings is 1. The molecule has 0 heterocycles. The Morgan fingerprint density at radius 1 is 1.06 bits per heavy atom. The van der Waals surface area contributed by atoms with E-state index < -0.39 is 0 Å². The summed E-state index contributed by atoms with van der Waals surface area (Å²) in [5.41, 5.74) is 1.31. The molecule has 0 aliphatic carbocycles. The smallest absolute Gasteiger partial charge is 0.0591 e. The molecule has 90 valence electrons. The Morgan fingerprint density at radius 2 is 1.88 bits per heavy atom.